The summed E-state index contributed by atoms with van der Waals surface area (Å²) in [5.74, 6) is -0.687. The first kappa shape index (κ1) is 7.32. The maximum atomic E-state index is 10.1. The van der Waals surface area contributed by atoms with Crippen molar-refractivity contribution < 1.29 is 9.90 Å². The highest BCUT2D eigenvalue weighted by Gasteiger charge is 2.05. The molecule has 0 saturated carbocycles. The first-order valence-corrected chi connectivity index (χ1v) is 3.69. The molecule has 1 aliphatic rings. The minimum atomic E-state index is -0.687. The average molecular weight is 140 g/mol. The lowest BCUT2D eigenvalue weighted by molar-refractivity contribution is -0.136. The van der Waals surface area contributed by atoms with Gasteiger partial charge in [-0.3, -0.25) is 4.79 Å². The van der Waals surface area contributed by atoms with Crippen LogP contribution in [0.1, 0.15) is 32.1 Å². The van der Waals surface area contributed by atoms with Gasteiger partial charge in [0.2, 0.25) is 0 Å². The molecule has 0 heterocycles. The van der Waals surface area contributed by atoms with Gasteiger partial charge in [0, 0.05) is 6.42 Å². The number of carboxylic acids is 1. The van der Waals surface area contributed by atoms with E-state index in [9.17, 15) is 4.79 Å². The molecule has 1 aliphatic carbocycles. The zero-order valence-corrected chi connectivity index (χ0v) is 5.97. The van der Waals surface area contributed by atoms with E-state index in [1.165, 1.54) is 12.0 Å². The molecule has 0 unspecified atom stereocenters. The summed E-state index contributed by atoms with van der Waals surface area (Å²) in [5, 5.41) is 8.35. The molecule has 0 aliphatic heterocycles. The van der Waals surface area contributed by atoms with Crippen molar-refractivity contribution in [2.45, 2.75) is 32.1 Å². The van der Waals surface area contributed by atoms with Crippen molar-refractivity contribution >= 4 is 5.97 Å². The van der Waals surface area contributed by atoms with E-state index in [1.807, 2.05) is 0 Å². The summed E-state index contributed by atoms with van der Waals surface area (Å²) in [6.45, 7) is 0. The molecule has 2 heteroatoms. The Morgan fingerprint density at radius 1 is 1.70 bits per heavy atom. The van der Waals surface area contributed by atoms with Crippen molar-refractivity contribution in [1.82, 2.24) is 0 Å². The molecule has 1 N–H and O–H groups in total. The highest BCUT2D eigenvalue weighted by molar-refractivity contribution is 5.67. The molecule has 0 saturated heterocycles. The Morgan fingerprint density at radius 2 is 2.50 bits per heavy atom. The molecule has 0 amide bonds. The highest BCUT2D eigenvalue weighted by Crippen LogP contribution is 2.21. The van der Waals surface area contributed by atoms with Gasteiger partial charge >= 0.3 is 5.97 Å². The maximum absolute atomic E-state index is 10.1. The lowest BCUT2D eigenvalue weighted by atomic mass is 10.1. The number of allylic oxidation sites excluding steroid dienone is 2. The van der Waals surface area contributed by atoms with Gasteiger partial charge in [0.05, 0.1) is 0 Å². The smallest absolute Gasteiger partial charge is 0.303 e. The van der Waals surface area contributed by atoms with Crippen molar-refractivity contribution in [2.75, 3.05) is 0 Å². The van der Waals surface area contributed by atoms with E-state index in [0.717, 1.165) is 19.3 Å². The molecular weight excluding hydrogens is 128 g/mol. The van der Waals surface area contributed by atoms with Crippen LogP contribution in [0.25, 0.3) is 0 Å². The Balaban J connectivity index is 2.19. The molecule has 0 aromatic carbocycles. The van der Waals surface area contributed by atoms with Crippen molar-refractivity contribution in [1.29, 1.82) is 0 Å². The van der Waals surface area contributed by atoms with Crippen molar-refractivity contribution in [3.05, 3.63) is 11.6 Å². The van der Waals surface area contributed by atoms with Crippen LogP contribution in [-0.2, 0) is 4.79 Å². The number of hydrogen-bond acceptors (Lipinski definition) is 1. The molecule has 0 bridgehead atoms. The van der Waals surface area contributed by atoms with Crippen molar-refractivity contribution in [3.8, 4) is 0 Å². The summed E-state index contributed by atoms with van der Waals surface area (Å²) < 4.78 is 0. The normalized spacial score (nSPS) is 17.0. The monoisotopic (exact) mass is 140 g/mol. The van der Waals surface area contributed by atoms with Gasteiger partial charge in [-0.05, 0) is 25.7 Å². The van der Waals surface area contributed by atoms with E-state index in [1.54, 1.807) is 0 Å². The van der Waals surface area contributed by atoms with Crippen LogP contribution >= 0.6 is 0 Å². The van der Waals surface area contributed by atoms with E-state index in [0.29, 0.717) is 6.42 Å². The Labute approximate surface area is 60.6 Å². The van der Waals surface area contributed by atoms with Gasteiger partial charge in [-0.15, -0.1) is 0 Å². The summed E-state index contributed by atoms with van der Waals surface area (Å²) in [4.78, 5) is 10.1. The van der Waals surface area contributed by atoms with E-state index < -0.39 is 5.97 Å². The maximum Gasteiger partial charge on any atom is 0.303 e. The summed E-state index contributed by atoms with van der Waals surface area (Å²) in [5.41, 5.74) is 1.34. The van der Waals surface area contributed by atoms with E-state index >= 15 is 0 Å². The van der Waals surface area contributed by atoms with Crippen molar-refractivity contribution in [3.63, 3.8) is 0 Å². The molecule has 10 heavy (non-hydrogen) atoms. The van der Waals surface area contributed by atoms with Gasteiger partial charge in [-0.2, -0.15) is 0 Å². The van der Waals surface area contributed by atoms with Crippen LogP contribution in [0.3, 0.4) is 0 Å². The molecule has 0 atom stereocenters. The van der Waals surface area contributed by atoms with Crippen LogP contribution in [0, 0.1) is 0 Å². The van der Waals surface area contributed by atoms with E-state index in [-0.39, 0.29) is 0 Å². The molecular formula is C8H12O2. The molecule has 0 spiro atoms. The first-order chi connectivity index (χ1) is 4.79. The highest BCUT2D eigenvalue weighted by atomic mass is 16.4. The van der Waals surface area contributed by atoms with Gasteiger partial charge in [0.15, 0.2) is 0 Å². The second-order valence-electron chi connectivity index (χ2n) is 2.65. The SMILES string of the molecule is O=C(O)CCC1=CCCC1. The third-order valence-corrected chi connectivity index (χ3v) is 1.80. The Kier molecular flexibility index (Phi) is 2.49. The predicted octanol–water partition coefficient (Wildman–Crippen LogP) is 1.96. The van der Waals surface area contributed by atoms with Gasteiger partial charge < -0.3 is 5.11 Å². The molecule has 0 aromatic rings. The molecule has 56 valence electrons. The largest absolute Gasteiger partial charge is 0.481 e. The number of hydrogen-bond donors (Lipinski definition) is 1. The van der Waals surface area contributed by atoms with Crippen LogP contribution < -0.4 is 0 Å². The van der Waals surface area contributed by atoms with E-state index in [4.69, 9.17) is 5.11 Å². The molecule has 1 rings (SSSR count). The standard InChI is InChI=1S/C8H12O2/c9-8(10)6-5-7-3-1-2-4-7/h3H,1-2,4-6H2,(H,9,10). The number of carboxylic acid groups (broad SMARTS) is 1. The minimum Gasteiger partial charge on any atom is -0.481 e. The summed E-state index contributed by atoms with van der Waals surface area (Å²) in [7, 11) is 0. The third-order valence-electron chi connectivity index (χ3n) is 1.80. The van der Waals surface area contributed by atoms with E-state index in [2.05, 4.69) is 6.08 Å². The summed E-state index contributed by atoms with van der Waals surface area (Å²) in [6.07, 6.45) is 6.71. The van der Waals surface area contributed by atoms with Crippen LogP contribution in [0.5, 0.6) is 0 Å². The van der Waals surface area contributed by atoms with Gasteiger partial charge in [-0.25, -0.2) is 0 Å². The first-order valence-electron chi connectivity index (χ1n) is 3.69. The molecule has 0 aromatic heterocycles. The predicted molar refractivity (Wildman–Crippen MR) is 38.8 cm³/mol. The molecule has 0 fully saturated rings. The lowest BCUT2D eigenvalue weighted by Crippen LogP contribution is -1.94. The zero-order valence-electron chi connectivity index (χ0n) is 5.97. The Bertz CT molecular complexity index is 159. The van der Waals surface area contributed by atoms with Crippen LogP contribution in [0.4, 0.5) is 0 Å². The number of aliphatic carboxylic acids is 1. The molecule has 2 nitrogen and oxygen atoms in total. The van der Waals surface area contributed by atoms with Gasteiger partial charge in [0.1, 0.15) is 0 Å². The van der Waals surface area contributed by atoms with Crippen LogP contribution in [0.15, 0.2) is 11.6 Å². The minimum absolute atomic E-state index is 0.297. The zero-order chi connectivity index (χ0) is 7.40. The van der Waals surface area contributed by atoms with Crippen LogP contribution in [-0.4, -0.2) is 11.1 Å². The summed E-state index contributed by atoms with van der Waals surface area (Å²) >= 11 is 0. The summed E-state index contributed by atoms with van der Waals surface area (Å²) in [6, 6.07) is 0. The second kappa shape index (κ2) is 3.40. The third kappa shape index (κ3) is 2.21. The average Bonchev–Trinajstić information content (AvgIpc) is 2.34. The quantitative estimate of drug-likeness (QED) is 0.608. The van der Waals surface area contributed by atoms with Gasteiger partial charge in [0.25, 0.3) is 0 Å². The van der Waals surface area contributed by atoms with Crippen LogP contribution in [0.2, 0.25) is 0 Å². The lowest BCUT2D eigenvalue weighted by Gasteiger charge is -1.95. The fraction of sp³-hybridized carbons (Fsp3) is 0.625. The number of rotatable bonds is 3. The van der Waals surface area contributed by atoms with Crippen molar-refractivity contribution in [2.24, 2.45) is 0 Å². The second-order valence-corrected chi connectivity index (χ2v) is 2.65. The Morgan fingerprint density at radius 3 is 3.00 bits per heavy atom. The fourth-order valence-electron chi connectivity index (χ4n) is 1.23. The topological polar surface area (TPSA) is 37.3 Å². The number of carbonyl (C=O) groups is 1. The Hall–Kier alpha value is -0.790. The van der Waals surface area contributed by atoms with Gasteiger partial charge in [-0.1, -0.05) is 11.6 Å². The molecule has 0 radical (unpaired) electrons. The fourth-order valence-corrected chi connectivity index (χ4v) is 1.23.